The molecule has 0 amide bonds. The second kappa shape index (κ2) is 8.06. The van der Waals surface area contributed by atoms with Gasteiger partial charge in [0, 0.05) is 23.4 Å². The van der Waals surface area contributed by atoms with Crippen LogP contribution in [0.15, 0.2) is 23.1 Å². The van der Waals surface area contributed by atoms with Crippen molar-refractivity contribution in [3.63, 3.8) is 0 Å². The summed E-state index contributed by atoms with van der Waals surface area (Å²) < 4.78 is 5.41. The molecule has 0 radical (unpaired) electrons. The van der Waals surface area contributed by atoms with Crippen LogP contribution in [0.25, 0.3) is 0 Å². The van der Waals surface area contributed by atoms with Crippen LogP contribution in [0.5, 0.6) is 5.75 Å². The Labute approximate surface area is 133 Å². The van der Waals surface area contributed by atoms with Gasteiger partial charge in [0.2, 0.25) is 0 Å². The maximum absolute atomic E-state index is 10.2. The van der Waals surface area contributed by atoms with E-state index in [9.17, 15) is 5.11 Å². The van der Waals surface area contributed by atoms with Crippen molar-refractivity contribution in [1.29, 1.82) is 0 Å². The van der Waals surface area contributed by atoms with Crippen LogP contribution in [0.1, 0.15) is 33.3 Å². The highest BCUT2D eigenvalue weighted by atomic mass is 32.2. The van der Waals surface area contributed by atoms with Crippen LogP contribution >= 0.6 is 11.8 Å². The Bertz CT molecular complexity index is 446. The molecule has 0 spiro atoms. The molecule has 0 saturated carbocycles. The van der Waals surface area contributed by atoms with Gasteiger partial charge in [-0.25, -0.2) is 0 Å². The number of methoxy groups -OCH3 is 1. The summed E-state index contributed by atoms with van der Waals surface area (Å²) in [5.41, 5.74) is 1.05. The van der Waals surface area contributed by atoms with Crippen molar-refractivity contribution in [1.82, 2.24) is 5.32 Å². The lowest BCUT2D eigenvalue weighted by atomic mass is 9.80. The molecule has 1 atom stereocenters. The van der Waals surface area contributed by atoms with Gasteiger partial charge in [0.15, 0.2) is 0 Å². The second-order valence-corrected chi connectivity index (χ2v) is 7.32. The van der Waals surface area contributed by atoms with Gasteiger partial charge in [-0.2, -0.15) is 0 Å². The fourth-order valence-corrected chi connectivity index (χ4v) is 3.07. The first-order valence-corrected chi connectivity index (χ1v) is 8.64. The van der Waals surface area contributed by atoms with E-state index < -0.39 is 0 Å². The van der Waals surface area contributed by atoms with Gasteiger partial charge in [-0.15, -0.1) is 11.8 Å². The van der Waals surface area contributed by atoms with Gasteiger partial charge < -0.3 is 15.2 Å². The zero-order valence-electron chi connectivity index (χ0n) is 14.1. The Kier molecular flexibility index (Phi) is 7.04. The third kappa shape index (κ3) is 5.20. The lowest BCUT2D eigenvalue weighted by Gasteiger charge is -2.33. The minimum Gasteiger partial charge on any atom is -0.496 e. The number of benzene rings is 1. The summed E-state index contributed by atoms with van der Waals surface area (Å²) in [7, 11) is 1.70. The van der Waals surface area contributed by atoms with E-state index in [1.807, 2.05) is 6.26 Å². The van der Waals surface area contributed by atoms with E-state index in [1.165, 1.54) is 5.56 Å². The van der Waals surface area contributed by atoms with E-state index in [0.29, 0.717) is 0 Å². The highest BCUT2D eigenvalue weighted by Gasteiger charge is 2.29. The van der Waals surface area contributed by atoms with Crippen molar-refractivity contribution in [2.24, 2.45) is 11.3 Å². The fraction of sp³-hybridized carbons (Fsp3) is 0.647. The molecule has 0 aliphatic heterocycles. The Morgan fingerprint density at radius 3 is 2.52 bits per heavy atom. The summed E-state index contributed by atoms with van der Waals surface area (Å²) >= 11 is 1.69. The van der Waals surface area contributed by atoms with E-state index in [0.717, 1.165) is 23.7 Å². The summed E-state index contributed by atoms with van der Waals surface area (Å²) in [5.74, 6) is 1.19. The third-order valence-corrected chi connectivity index (χ3v) is 4.57. The Hall–Kier alpha value is -0.710. The molecule has 1 unspecified atom stereocenters. The third-order valence-electron chi connectivity index (χ3n) is 3.79. The SMILES string of the molecule is COc1cc(CNCC(C)(C)C(O)C(C)C)ccc1SC. The van der Waals surface area contributed by atoms with Crippen molar-refractivity contribution in [3.8, 4) is 5.75 Å². The summed E-state index contributed by atoms with van der Waals surface area (Å²) in [6.07, 6.45) is 1.74. The predicted molar refractivity (Wildman–Crippen MR) is 91.1 cm³/mol. The molecule has 0 saturated heterocycles. The lowest BCUT2D eigenvalue weighted by molar-refractivity contribution is 0.0134. The molecule has 0 aliphatic carbocycles. The molecule has 4 heteroatoms. The first-order valence-electron chi connectivity index (χ1n) is 7.41. The largest absolute Gasteiger partial charge is 0.496 e. The van der Waals surface area contributed by atoms with E-state index >= 15 is 0 Å². The van der Waals surface area contributed by atoms with Crippen LogP contribution in [0, 0.1) is 11.3 Å². The molecule has 1 aromatic rings. The van der Waals surface area contributed by atoms with E-state index in [1.54, 1.807) is 18.9 Å². The van der Waals surface area contributed by atoms with Crippen LogP contribution in [-0.4, -0.2) is 31.1 Å². The average Bonchev–Trinajstić information content (AvgIpc) is 2.45. The number of rotatable bonds is 8. The number of hydrogen-bond acceptors (Lipinski definition) is 4. The van der Waals surface area contributed by atoms with Gasteiger partial charge in [0.25, 0.3) is 0 Å². The number of nitrogens with one attached hydrogen (secondary N) is 1. The topological polar surface area (TPSA) is 41.5 Å². The van der Waals surface area contributed by atoms with Gasteiger partial charge in [0.1, 0.15) is 5.75 Å². The summed E-state index contributed by atoms with van der Waals surface area (Å²) in [6.45, 7) is 9.86. The zero-order chi connectivity index (χ0) is 16.0. The Morgan fingerprint density at radius 2 is 2.00 bits per heavy atom. The Balaban J connectivity index is 2.60. The van der Waals surface area contributed by atoms with E-state index in [4.69, 9.17) is 4.74 Å². The van der Waals surface area contributed by atoms with E-state index in [-0.39, 0.29) is 17.4 Å². The van der Waals surface area contributed by atoms with Crippen LogP contribution in [0.4, 0.5) is 0 Å². The van der Waals surface area contributed by atoms with Gasteiger partial charge in [0.05, 0.1) is 13.2 Å². The molecular formula is C17H29NO2S. The average molecular weight is 311 g/mol. The first-order chi connectivity index (χ1) is 9.81. The zero-order valence-corrected chi connectivity index (χ0v) is 14.9. The molecule has 0 aromatic heterocycles. The maximum atomic E-state index is 10.2. The van der Waals surface area contributed by atoms with Gasteiger partial charge in [-0.05, 0) is 29.9 Å². The fourth-order valence-electron chi connectivity index (χ4n) is 2.53. The van der Waals surface area contributed by atoms with Crippen LogP contribution in [0.3, 0.4) is 0 Å². The monoisotopic (exact) mass is 311 g/mol. The molecule has 1 aromatic carbocycles. The van der Waals surface area contributed by atoms with Crippen molar-refractivity contribution in [2.45, 2.75) is 45.2 Å². The highest BCUT2D eigenvalue weighted by Crippen LogP contribution is 2.29. The number of aliphatic hydroxyl groups excluding tert-OH is 1. The molecule has 21 heavy (non-hydrogen) atoms. The van der Waals surface area contributed by atoms with Crippen LogP contribution < -0.4 is 10.1 Å². The lowest BCUT2D eigenvalue weighted by Crippen LogP contribution is -2.41. The molecule has 0 heterocycles. The van der Waals surface area contributed by atoms with Gasteiger partial charge in [-0.3, -0.25) is 0 Å². The molecule has 3 nitrogen and oxygen atoms in total. The first kappa shape index (κ1) is 18.3. The van der Waals surface area contributed by atoms with Crippen molar-refractivity contribution in [2.75, 3.05) is 19.9 Å². The van der Waals surface area contributed by atoms with Crippen molar-refractivity contribution < 1.29 is 9.84 Å². The number of thioether (sulfide) groups is 1. The van der Waals surface area contributed by atoms with Gasteiger partial charge in [-0.1, -0.05) is 33.8 Å². The summed E-state index contributed by atoms with van der Waals surface area (Å²) in [5, 5.41) is 13.7. The van der Waals surface area contributed by atoms with Crippen LogP contribution in [-0.2, 0) is 6.54 Å². The van der Waals surface area contributed by atoms with E-state index in [2.05, 4.69) is 51.2 Å². The van der Waals surface area contributed by atoms with Crippen molar-refractivity contribution >= 4 is 11.8 Å². The minimum absolute atomic E-state index is 0.141. The Morgan fingerprint density at radius 1 is 1.33 bits per heavy atom. The molecule has 0 bridgehead atoms. The van der Waals surface area contributed by atoms with Crippen molar-refractivity contribution in [3.05, 3.63) is 23.8 Å². The van der Waals surface area contributed by atoms with Crippen LogP contribution in [0.2, 0.25) is 0 Å². The number of ether oxygens (including phenoxy) is 1. The molecule has 0 fully saturated rings. The summed E-state index contributed by atoms with van der Waals surface area (Å²) in [4.78, 5) is 1.15. The summed E-state index contributed by atoms with van der Waals surface area (Å²) in [6, 6.07) is 6.28. The molecular weight excluding hydrogens is 282 g/mol. The maximum Gasteiger partial charge on any atom is 0.132 e. The minimum atomic E-state index is -0.307. The van der Waals surface area contributed by atoms with Gasteiger partial charge >= 0.3 is 0 Å². The highest BCUT2D eigenvalue weighted by molar-refractivity contribution is 7.98. The molecule has 2 N–H and O–H groups in total. The normalized spacial score (nSPS) is 13.5. The quantitative estimate of drug-likeness (QED) is 0.721. The standard InChI is InChI=1S/C17H29NO2S/c1-12(2)16(19)17(3,4)11-18-10-13-7-8-15(21-6)14(9-13)20-5/h7-9,12,16,18-19H,10-11H2,1-6H3. The molecule has 0 aliphatic rings. The number of aliphatic hydroxyl groups is 1. The smallest absolute Gasteiger partial charge is 0.132 e. The number of hydrogen-bond donors (Lipinski definition) is 2. The molecule has 120 valence electrons. The second-order valence-electron chi connectivity index (χ2n) is 6.47. The predicted octanol–water partition coefficient (Wildman–Crippen LogP) is 3.55. The molecule has 1 rings (SSSR count).